The van der Waals surface area contributed by atoms with Crippen LogP contribution in [0.2, 0.25) is 5.02 Å². The predicted octanol–water partition coefficient (Wildman–Crippen LogP) is 1.98. The van der Waals surface area contributed by atoms with Crippen molar-refractivity contribution in [3.63, 3.8) is 0 Å². The SMILES string of the molecule is N#Cc1ccc(OC2CCN(C[C@H](O)CNC(=O)c3n[nH]nc3C(F)(F)F)CC2)cc1Cl. The van der Waals surface area contributed by atoms with E-state index in [4.69, 9.17) is 21.6 Å². The van der Waals surface area contributed by atoms with E-state index in [1.165, 1.54) is 0 Å². The number of amides is 1. The Hall–Kier alpha value is -2.88. The molecular weight excluding hydrogens is 453 g/mol. The van der Waals surface area contributed by atoms with Gasteiger partial charge >= 0.3 is 6.18 Å². The molecule has 1 aliphatic rings. The molecule has 2 heterocycles. The topological polar surface area (TPSA) is 127 Å². The summed E-state index contributed by atoms with van der Waals surface area (Å²) in [5.74, 6) is -0.500. The van der Waals surface area contributed by atoms with E-state index in [1.807, 2.05) is 11.0 Å². The van der Waals surface area contributed by atoms with Crippen molar-refractivity contribution in [3.05, 3.63) is 40.2 Å². The number of H-pyrrole nitrogens is 1. The van der Waals surface area contributed by atoms with Crippen molar-refractivity contribution in [2.75, 3.05) is 26.2 Å². The molecule has 13 heteroatoms. The molecule has 0 radical (unpaired) electrons. The van der Waals surface area contributed by atoms with Gasteiger partial charge in [-0.1, -0.05) is 11.6 Å². The molecule has 1 aromatic carbocycles. The number of piperidine rings is 1. The molecule has 32 heavy (non-hydrogen) atoms. The summed E-state index contributed by atoms with van der Waals surface area (Å²) < 4.78 is 44.3. The smallest absolute Gasteiger partial charge is 0.437 e. The van der Waals surface area contributed by atoms with Gasteiger partial charge in [0.15, 0.2) is 11.4 Å². The van der Waals surface area contributed by atoms with Crippen LogP contribution in [0.1, 0.15) is 34.6 Å². The van der Waals surface area contributed by atoms with Crippen LogP contribution in [-0.4, -0.2) is 69.7 Å². The summed E-state index contributed by atoms with van der Waals surface area (Å²) in [6.07, 6.45) is -4.47. The van der Waals surface area contributed by atoms with Gasteiger partial charge in [0.2, 0.25) is 0 Å². The van der Waals surface area contributed by atoms with Crippen molar-refractivity contribution in [2.24, 2.45) is 0 Å². The molecule has 1 aromatic heterocycles. The van der Waals surface area contributed by atoms with Crippen LogP contribution in [0.4, 0.5) is 13.2 Å². The third-order valence-electron chi connectivity index (χ3n) is 4.90. The third-order valence-corrected chi connectivity index (χ3v) is 5.21. The summed E-state index contributed by atoms with van der Waals surface area (Å²) >= 11 is 6.01. The minimum Gasteiger partial charge on any atom is -0.490 e. The number of likely N-dealkylation sites (tertiary alicyclic amines) is 1. The zero-order valence-corrected chi connectivity index (χ0v) is 17.4. The Morgan fingerprint density at radius 2 is 2.12 bits per heavy atom. The highest BCUT2D eigenvalue weighted by Crippen LogP contribution is 2.29. The Bertz CT molecular complexity index is 985. The number of hydrogen-bond acceptors (Lipinski definition) is 7. The maximum atomic E-state index is 12.8. The van der Waals surface area contributed by atoms with Gasteiger partial charge < -0.3 is 20.1 Å². The van der Waals surface area contributed by atoms with Crippen LogP contribution in [0.5, 0.6) is 5.75 Å². The summed E-state index contributed by atoms with van der Waals surface area (Å²) in [6.45, 7) is 1.26. The Morgan fingerprint density at radius 3 is 2.75 bits per heavy atom. The monoisotopic (exact) mass is 472 g/mol. The van der Waals surface area contributed by atoms with E-state index in [1.54, 1.807) is 23.4 Å². The summed E-state index contributed by atoms with van der Waals surface area (Å²) in [7, 11) is 0. The highest BCUT2D eigenvalue weighted by atomic mass is 35.5. The fourth-order valence-corrected chi connectivity index (χ4v) is 3.52. The molecule has 0 spiro atoms. The van der Waals surface area contributed by atoms with Gasteiger partial charge in [-0.15, -0.1) is 0 Å². The molecule has 1 fully saturated rings. The minimum absolute atomic E-state index is 0.0555. The molecule has 1 saturated heterocycles. The van der Waals surface area contributed by atoms with Gasteiger partial charge in [0, 0.05) is 32.2 Å². The highest BCUT2D eigenvalue weighted by Gasteiger charge is 2.39. The lowest BCUT2D eigenvalue weighted by atomic mass is 10.1. The van der Waals surface area contributed by atoms with Crippen molar-refractivity contribution in [2.45, 2.75) is 31.2 Å². The van der Waals surface area contributed by atoms with Crippen molar-refractivity contribution in [3.8, 4) is 11.8 Å². The number of rotatable bonds is 7. The molecule has 3 N–H and O–H groups in total. The third kappa shape index (κ3) is 6.09. The van der Waals surface area contributed by atoms with E-state index in [-0.39, 0.29) is 19.2 Å². The number of carbonyl (C=O) groups is 1. The van der Waals surface area contributed by atoms with Crippen LogP contribution in [0, 0.1) is 11.3 Å². The first-order valence-electron chi connectivity index (χ1n) is 9.70. The van der Waals surface area contributed by atoms with Crippen molar-refractivity contribution >= 4 is 17.5 Å². The largest absolute Gasteiger partial charge is 0.490 e. The average molecular weight is 473 g/mol. The standard InChI is InChI=1S/C19H20ClF3N6O3/c20-15-7-14(2-1-11(15)8-24)32-13-3-5-29(6-4-13)10-12(30)9-25-18(31)16-17(19(21,22)23)27-28-26-16/h1-2,7,12-13,30H,3-6,9-10H2,(H,25,31)(H,26,27,28)/t12-/m1/s1. The summed E-state index contributed by atoms with van der Waals surface area (Å²) in [5, 5.41) is 29.6. The number of nitriles is 1. The van der Waals surface area contributed by atoms with Crippen LogP contribution < -0.4 is 10.1 Å². The number of nitrogens with one attached hydrogen (secondary N) is 2. The Balaban J connectivity index is 1.41. The van der Waals surface area contributed by atoms with Crippen molar-refractivity contribution in [1.29, 1.82) is 5.26 Å². The van der Waals surface area contributed by atoms with Crippen LogP contribution in [0.25, 0.3) is 0 Å². The van der Waals surface area contributed by atoms with Crippen LogP contribution in [-0.2, 0) is 6.18 Å². The molecular formula is C19H20ClF3N6O3. The number of carbonyl (C=O) groups excluding carboxylic acids is 1. The molecule has 3 rings (SSSR count). The van der Waals surface area contributed by atoms with Crippen LogP contribution in [0.3, 0.4) is 0 Å². The van der Waals surface area contributed by atoms with E-state index in [9.17, 15) is 23.1 Å². The Labute approximate surface area is 186 Å². The summed E-state index contributed by atoms with van der Waals surface area (Å²) in [6, 6.07) is 6.85. The summed E-state index contributed by atoms with van der Waals surface area (Å²) in [5.41, 5.74) is -1.91. The number of ether oxygens (including phenoxy) is 1. The lowest BCUT2D eigenvalue weighted by Gasteiger charge is -2.33. The zero-order valence-electron chi connectivity index (χ0n) is 16.7. The van der Waals surface area contributed by atoms with E-state index >= 15 is 0 Å². The number of aliphatic hydroxyl groups excluding tert-OH is 1. The maximum absolute atomic E-state index is 12.8. The lowest BCUT2D eigenvalue weighted by molar-refractivity contribution is -0.141. The number of aromatic nitrogens is 3. The number of aliphatic hydroxyl groups is 1. The normalized spacial score (nSPS) is 16.4. The first-order chi connectivity index (χ1) is 15.2. The fraction of sp³-hybridized carbons (Fsp3) is 0.474. The number of alkyl halides is 3. The molecule has 0 saturated carbocycles. The molecule has 1 atom stereocenters. The van der Waals surface area contributed by atoms with Crippen molar-refractivity contribution in [1.82, 2.24) is 25.6 Å². The summed E-state index contributed by atoms with van der Waals surface area (Å²) in [4.78, 5) is 13.9. The fourth-order valence-electron chi connectivity index (χ4n) is 3.31. The average Bonchev–Trinajstić information content (AvgIpc) is 3.24. The number of aromatic amines is 1. The molecule has 0 unspecified atom stereocenters. The lowest BCUT2D eigenvalue weighted by Crippen LogP contribution is -2.45. The number of hydrogen-bond donors (Lipinski definition) is 3. The Morgan fingerprint density at radius 1 is 1.41 bits per heavy atom. The second-order valence-electron chi connectivity index (χ2n) is 7.25. The minimum atomic E-state index is -4.81. The molecule has 1 aliphatic heterocycles. The van der Waals surface area contributed by atoms with Crippen LogP contribution >= 0.6 is 11.6 Å². The first-order valence-corrected chi connectivity index (χ1v) is 10.1. The van der Waals surface area contributed by atoms with Gasteiger partial charge in [0.05, 0.1) is 16.7 Å². The van der Waals surface area contributed by atoms with Crippen molar-refractivity contribution < 1.29 is 27.8 Å². The molecule has 172 valence electrons. The zero-order chi connectivity index (χ0) is 23.3. The number of halogens is 4. The number of nitrogens with zero attached hydrogens (tertiary/aromatic N) is 4. The molecule has 2 aromatic rings. The van der Waals surface area contributed by atoms with E-state index in [0.717, 1.165) is 0 Å². The molecule has 0 bridgehead atoms. The molecule has 9 nitrogen and oxygen atoms in total. The molecule has 0 aliphatic carbocycles. The van der Waals surface area contributed by atoms with E-state index < -0.39 is 29.6 Å². The van der Waals surface area contributed by atoms with E-state index in [2.05, 4.69) is 15.5 Å². The second kappa shape index (κ2) is 10.2. The van der Waals surface area contributed by atoms with Gasteiger partial charge in [-0.2, -0.15) is 33.8 Å². The Kier molecular flexibility index (Phi) is 7.55. The second-order valence-corrected chi connectivity index (χ2v) is 7.66. The van der Waals surface area contributed by atoms with Gasteiger partial charge in [0.25, 0.3) is 5.91 Å². The van der Waals surface area contributed by atoms with Gasteiger partial charge in [-0.3, -0.25) is 4.79 Å². The first kappa shape index (κ1) is 23.8. The maximum Gasteiger partial charge on any atom is 0.437 e. The van der Waals surface area contributed by atoms with Gasteiger partial charge in [0.1, 0.15) is 17.9 Å². The quantitative estimate of drug-likeness (QED) is 0.562. The van der Waals surface area contributed by atoms with Gasteiger partial charge in [-0.25, -0.2) is 0 Å². The van der Waals surface area contributed by atoms with Crippen LogP contribution in [0.15, 0.2) is 18.2 Å². The number of β-amino-alcohol motifs (C(OH)–C–C–N with tert-alkyl or cyclic N) is 1. The van der Waals surface area contributed by atoms with Gasteiger partial charge in [-0.05, 0) is 25.0 Å². The highest BCUT2D eigenvalue weighted by molar-refractivity contribution is 6.31. The predicted molar refractivity (Wildman–Crippen MR) is 106 cm³/mol. The van der Waals surface area contributed by atoms with E-state index in [0.29, 0.717) is 42.3 Å². The molecule has 1 amide bonds. The number of benzene rings is 1.